The number of hydrogen-bond donors (Lipinski definition) is 2. The smallest absolute Gasteiger partial charge is 0.265 e. The Labute approximate surface area is 115 Å². The molecule has 100 valence electrons. The number of hydrogen-bond acceptors (Lipinski definition) is 6. The summed E-state index contributed by atoms with van der Waals surface area (Å²) in [5.74, 6) is 0.0563. The number of nitrogen functional groups attached to an aromatic ring is 1. The predicted molar refractivity (Wildman–Crippen MR) is 76.3 cm³/mol. The van der Waals surface area contributed by atoms with Gasteiger partial charge in [0, 0.05) is 33.0 Å². The lowest BCUT2D eigenvalue weighted by Gasteiger charge is -2.05. The molecule has 2 rings (SSSR count). The van der Waals surface area contributed by atoms with Crippen molar-refractivity contribution in [2.45, 2.75) is 6.54 Å². The van der Waals surface area contributed by atoms with Crippen LogP contribution in [0.2, 0.25) is 0 Å². The molecule has 0 radical (unpaired) electrons. The first kappa shape index (κ1) is 13.3. The first-order valence-corrected chi connectivity index (χ1v) is 6.50. The lowest BCUT2D eigenvalue weighted by Crippen LogP contribution is -2.22. The molecule has 0 fully saturated rings. The number of rotatable bonds is 4. The third-order valence-electron chi connectivity index (χ3n) is 2.43. The van der Waals surface area contributed by atoms with E-state index in [-0.39, 0.29) is 11.7 Å². The van der Waals surface area contributed by atoms with Crippen LogP contribution in [0.15, 0.2) is 24.5 Å². The molecule has 0 bridgehead atoms. The molecule has 3 N–H and O–H groups in total. The molecule has 0 unspecified atom stereocenters. The number of carbonyl (C=O) groups excluding carboxylic acids is 1. The van der Waals surface area contributed by atoms with Crippen molar-refractivity contribution in [3.8, 4) is 0 Å². The lowest BCUT2D eigenvalue weighted by atomic mass is 10.3. The maximum Gasteiger partial charge on any atom is 0.265 e. The van der Waals surface area contributed by atoms with E-state index < -0.39 is 0 Å². The van der Waals surface area contributed by atoms with Crippen LogP contribution in [-0.4, -0.2) is 30.0 Å². The number of amides is 1. The van der Waals surface area contributed by atoms with Crippen molar-refractivity contribution in [2.75, 3.05) is 24.7 Å². The fourth-order valence-corrected chi connectivity index (χ4v) is 2.26. The highest BCUT2D eigenvalue weighted by Crippen LogP contribution is 2.26. The summed E-state index contributed by atoms with van der Waals surface area (Å²) < 4.78 is 0. The summed E-state index contributed by atoms with van der Waals surface area (Å²) in [7, 11) is 3.72. The number of carbonyl (C=O) groups is 1. The highest BCUT2D eigenvalue weighted by molar-refractivity contribution is 7.18. The Morgan fingerprint density at radius 2 is 2.11 bits per heavy atom. The fraction of sp³-hybridized carbons (Fsp3) is 0.250. The normalized spacial score (nSPS) is 10.2. The molecule has 0 aromatic carbocycles. The molecule has 0 spiro atoms. The highest BCUT2D eigenvalue weighted by Gasteiger charge is 2.16. The first-order valence-electron chi connectivity index (χ1n) is 5.68. The lowest BCUT2D eigenvalue weighted by molar-refractivity contribution is 0.0955. The molecule has 0 atom stereocenters. The SMILES string of the molecule is CN(C)c1nc(N)c(C(=O)NCc2ccncc2)s1. The van der Waals surface area contributed by atoms with Gasteiger partial charge in [0.1, 0.15) is 10.7 Å². The topological polar surface area (TPSA) is 84.1 Å². The van der Waals surface area contributed by atoms with Crippen molar-refractivity contribution < 1.29 is 4.79 Å². The standard InChI is InChI=1S/C12H15N5OS/c1-17(2)12-16-10(13)9(19-12)11(18)15-7-8-3-5-14-6-4-8/h3-6H,7,13H2,1-2H3,(H,15,18). The molecule has 0 saturated carbocycles. The van der Waals surface area contributed by atoms with E-state index in [0.717, 1.165) is 5.56 Å². The van der Waals surface area contributed by atoms with E-state index in [4.69, 9.17) is 5.73 Å². The Morgan fingerprint density at radius 3 is 2.68 bits per heavy atom. The molecule has 0 aliphatic carbocycles. The van der Waals surface area contributed by atoms with Crippen molar-refractivity contribution in [1.29, 1.82) is 0 Å². The number of nitrogens with zero attached hydrogens (tertiary/aromatic N) is 3. The zero-order valence-corrected chi connectivity index (χ0v) is 11.6. The molecule has 0 saturated heterocycles. The maximum atomic E-state index is 12.0. The molecule has 0 aliphatic heterocycles. The van der Waals surface area contributed by atoms with Crippen LogP contribution in [0.1, 0.15) is 15.2 Å². The van der Waals surface area contributed by atoms with Crippen LogP contribution in [0.4, 0.5) is 10.9 Å². The van der Waals surface area contributed by atoms with Crippen LogP contribution in [0.25, 0.3) is 0 Å². The van der Waals surface area contributed by atoms with E-state index >= 15 is 0 Å². The van der Waals surface area contributed by atoms with Crippen LogP contribution in [-0.2, 0) is 6.54 Å². The monoisotopic (exact) mass is 277 g/mol. The number of thiazole rings is 1. The maximum absolute atomic E-state index is 12.0. The second-order valence-corrected chi connectivity index (χ2v) is 5.12. The number of nitrogens with one attached hydrogen (secondary N) is 1. The van der Waals surface area contributed by atoms with Crippen LogP contribution in [0.3, 0.4) is 0 Å². The van der Waals surface area contributed by atoms with Crippen LogP contribution in [0, 0.1) is 0 Å². The van der Waals surface area contributed by atoms with Gasteiger partial charge >= 0.3 is 0 Å². The molecule has 2 aromatic rings. The van der Waals surface area contributed by atoms with Gasteiger partial charge in [-0.3, -0.25) is 9.78 Å². The Bertz CT molecular complexity index is 567. The van der Waals surface area contributed by atoms with E-state index in [1.165, 1.54) is 11.3 Å². The molecule has 2 aromatic heterocycles. The minimum Gasteiger partial charge on any atom is -0.382 e. The van der Waals surface area contributed by atoms with Gasteiger partial charge in [-0.1, -0.05) is 11.3 Å². The third kappa shape index (κ3) is 3.19. The second-order valence-electron chi connectivity index (χ2n) is 4.14. The third-order valence-corrected chi connectivity index (χ3v) is 3.67. The summed E-state index contributed by atoms with van der Waals surface area (Å²) in [6.45, 7) is 0.440. The largest absolute Gasteiger partial charge is 0.382 e. The average Bonchev–Trinajstić information content (AvgIpc) is 2.80. The van der Waals surface area contributed by atoms with Crippen molar-refractivity contribution in [1.82, 2.24) is 15.3 Å². The molecular formula is C12H15N5OS. The number of pyridine rings is 1. The van der Waals surface area contributed by atoms with E-state index in [9.17, 15) is 4.79 Å². The molecule has 7 heteroatoms. The van der Waals surface area contributed by atoms with Gasteiger partial charge in [0.15, 0.2) is 5.13 Å². The van der Waals surface area contributed by atoms with E-state index in [0.29, 0.717) is 16.6 Å². The quantitative estimate of drug-likeness (QED) is 0.874. The summed E-state index contributed by atoms with van der Waals surface area (Å²) in [5.41, 5.74) is 6.74. The van der Waals surface area contributed by atoms with Gasteiger partial charge in [-0.2, -0.15) is 0 Å². The highest BCUT2D eigenvalue weighted by atomic mass is 32.1. The summed E-state index contributed by atoms with van der Waals surface area (Å²) in [6.07, 6.45) is 3.37. The summed E-state index contributed by atoms with van der Waals surface area (Å²) in [4.78, 5) is 22.3. The van der Waals surface area contributed by atoms with Gasteiger partial charge < -0.3 is 16.0 Å². The number of aromatic nitrogens is 2. The van der Waals surface area contributed by atoms with Crippen LogP contribution >= 0.6 is 11.3 Å². The Kier molecular flexibility index (Phi) is 3.96. The molecule has 6 nitrogen and oxygen atoms in total. The van der Waals surface area contributed by atoms with Crippen molar-refractivity contribution in [2.24, 2.45) is 0 Å². The van der Waals surface area contributed by atoms with Gasteiger partial charge in [-0.05, 0) is 17.7 Å². The van der Waals surface area contributed by atoms with Crippen molar-refractivity contribution >= 4 is 28.2 Å². The molecule has 2 heterocycles. The fourth-order valence-electron chi connectivity index (χ4n) is 1.44. The number of nitrogens with two attached hydrogens (primary N) is 1. The summed E-state index contributed by atoms with van der Waals surface area (Å²) >= 11 is 1.28. The minimum atomic E-state index is -0.208. The molecule has 0 aliphatic rings. The van der Waals surface area contributed by atoms with Crippen LogP contribution < -0.4 is 16.0 Å². The van der Waals surface area contributed by atoms with Gasteiger partial charge in [0.2, 0.25) is 0 Å². The molecular weight excluding hydrogens is 262 g/mol. The minimum absolute atomic E-state index is 0.208. The van der Waals surface area contributed by atoms with Crippen molar-refractivity contribution in [3.63, 3.8) is 0 Å². The van der Waals surface area contributed by atoms with E-state index in [2.05, 4.69) is 15.3 Å². The zero-order valence-electron chi connectivity index (χ0n) is 10.8. The summed E-state index contributed by atoms with van der Waals surface area (Å²) in [5, 5.41) is 3.53. The Hall–Kier alpha value is -2.15. The molecule has 19 heavy (non-hydrogen) atoms. The Balaban J connectivity index is 2.04. The zero-order chi connectivity index (χ0) is 13.8. The van der Waals surface area contributed by atoms with Gasteiger partial charge in [-0.15, -0.1) is 0 Å². The van der Waals surface area contributed by atoms with E-state index in [1.54, 1.807) is 12.4 Å². The van der Waals surface area contributed by atoms with Gasteiger partial charge in [-0.25, -0.2) is 4.98 Å². The average molecular weight is 277 g/mol. The van der Waals surface area contributed by atoms with Crippen LogP contribution in [0.5, 0.6) is 0 Å². The first-order chi connectivity index (χ1) is 9.08. The van der Waals surface area contributed by atoms with Crippen molar-refractivity contribution in [3.05, 3.63) is 35.0 Å². The van der Waals surface area contributed by atoms with Gasteiger partial charge in [0.05, 0.1) is 0 Å². The molecule has 1 amide bonds. The second kappa shape index (κ2) is 5.66. The van der Waals surface area contributed by atoms with E-state index in [1.807, 2.05) is 31.1 Å². The predicted octanol–water partition coefficient (Wildman–Crippen LogP) is 1.12. The Morgan fingerprint density at radius 1 is 1.42 bits per heavy atom. The number of anilines is 2. The summed E-state index contributed by atoms with van der Waals surface area (Å²) in [6, 6.07) is 3.70. The van der Waals surface area contributed by atoms with Gasteiger partial charge in [0.25, 0.3) is 5.91 Å².